The van der Waals surface area contributed by atoms with Crippen molar-refractivity contribution in [3.05, 3.63) is 46.5 Å². The molecule has 1 aromatic carbocycles. The van der Waals surface area contributed by atoms with Gasteiger partial charge < -0.3 is 15.4 Å². The predicted octanol–water partition coefficient (Wildman–Crippen LogP) is 2.12. The summed E-state index contributed by atoms with van der Waals surface area (Å²) in [5, 5.41) is 13.1. The predicted molar refractivity (Wildman–Crippen MR) is 90.1 cm³/mol. The molecule has 2 aromatic rings. The second-order valence-electron chi connectivity index (χ2n) is 5.55. The maximum Gasteiger partial charge on any atom is 0.272 e. The number of hydrogen-bond acceptors (Lipinski definition) is 4. The molecule has 0 fully saturated rings. The Balaban J connectivity index is 0.00000208. The van der Waals surface area contributed by atoms with Crippen molar-refractivity contribution >= 4 is 18.3 Å². The van der Waals surface area contributed by atoms with Gasteiger partial charge in [0.2, 0.25) is 0 Å². The maximum absolute atomic E-state index is 13.8. The van der Waals surface area contributed by atoms with Crippen LogP contribution >= 0.6 is 12.4 Å². The van der Waals surface area contributed by atoms with Crippen LogP contribution < -0.4 is 15.4 Å². The molecule has 1 atom stereocenters. The zero-order chi connectivity index (χ0) is 16.4. The molecule has 1 aliphatic heterocycles. The number of fused-ring (bicyclic) bond motifs is 1. The average Bonchev–Trinajstić information content (AvgIpc) is 2.98. The number of amides is 1. The van der Waals surface area contributed by atoms with E-state index in [1.54, 1.807) is 19.1 Å². The van der Waals surface area contributed by atoms with E-state index in [0.717, 1.165) is 24.2 Å². The second-order valence-corrected chi connectivity index (χ2v) is 5.55. The number of rotatable bonds is 4. The van der Waals surface area contributed by atoms with Gasteiger partial charge in [-0.1, -0.05) is 6.07 Å². The minimum absolute atomic E-state index is 0. The number of H-pyrrole nitrogens is 1. The van der Waals surface area contributed by atoms with Crippen LogP contribution in [0.2, 0.25) is 0 Å². The Morgan fingerprint density at radius 3 is 2.96 bits per heavy atom. The van der Waals surface area contributed by atoms with Crippen LogP contribution in [0.1, 0.15) is 40.3 Å². The zero-order valence-electron chi connectivity index (χ0n) is 13.5. The highest BCUT2D eigenvalue weighted by molar-refractivity contribution is 5.94. The number of nitrogens with one attached hydrogen (secondary N) is 3. The molecule has 8 heteroatoms. The third kappa shape index (κ3) is 3.52. The molecule has 1 aliphatic rings. The van der Waals surface area contributed by atoms with E-state index < -0.39 is 5.82 Å². The quantitative estimate of drug-likeness (QED) is 0.785. The first kappa shape index (κ1) is 18.2. The SMILES string of the molecule is COc1ccc(C(C)NC(=O)c2n[nH]c3c2CNCC3)cc1F.Cl. The number of aromatic amines is 1. The number of methoxy groups -OCH3 is 1. The summed E-state index contributed by atoms with van der Waals surface area (Å²) >= 11 is 0. The van der Waals surface area contributed by atoms with Crippen molar-refractivity contribution in [1.29, 1.82) is 0 Å². The molecule has 24 heavy (non-hydrogen) atoms. The van der Waals surface area contributed by atoms with Crippen LogP contribution in [0.25, 0.3) is 0 Å². The number of aromatic nitrogens is 2. The molecule has 0 bridgehead atoms. The third-order valence-corrected chi connectivity index (χ3v) is 4.04. The second kappa shape index (κ2) is 7.63. The highest BCUT2D eigenvalue weighted by Gasteiger charge is 2.23. The molecule has 1 unspecified atom stereocenters. The molecule has 130 valence electrons. The summed E-state index contributed by atoms with van der Waals surface area (Å²) in [7, 11) is 1.41. The van der Waals surface area contributed by atoms with Crippen molar-refractivity contribution in [2.24, 2.45) is 0 Å². The van der Waals surface area contributed by atoms with E-state index in [2.05, 4.69) is 20.8 Å². The largest absolute Gasteiger partial charge is 0.494 e. The Bertz CT molecular complexity index is 735. The van der Waals surface area contributed by atoms with E-state index in [0.29, 0.717) is 17.8 Å². The number of halogens is 2. The van der Waals surface area contributed by atoms with Crippen molar-refractivity contribution in [2.75, 3.05) is 13.7 Å². The van der Waals surface area contributed by atoms with Gasteiger partial charge in [-0.3, -0.25) is 9.89 Å². The smallest absolute Gasteiger partial charge is 0.272 e. The number of benzene rings is 1. The van der Waals surface area contributed by atoms with Crippen LogP contribution in [0, 0.1) is 5.82 Å². The van der Waals surface area contributed by atoms with Gasteiger partial charge in [-0.2, -0.15) is 5.10 Å². The highest BCUT2D eigenvalue weighted by atomic mass is 35.5. The van der Waals surface area contributed by atoms with Gasteiger partial charge in [-0.05, 0) is 24.6 Å². The van der Waals surface area contributed by atoms with Gasteiger partial charge in [0.1, 0.15) is 0 Å². The van der Waals surface area contributed by atoms with Gasteiger partial charge in [0.25, 0.3) is 5.91 Å². The number of ether oxygens (including phenoxy) is 1. The fraction of sp³-hybridized carbons (Fsp3) is 0.375. The van der Waals surface area contributed by atoms with Crippen LogP contribution in [-0.2, 0) is 13.0 Å². The van der Waals surface area contributed by atoms with Gasteiger partial charge >= 0.3 is 0 Å². The first-order valence-electron chi connectivity index (χ1n) is 7.51. The lowest BCUT2D eigenvalue weighted by Gasteiger charge is -2.16. The summed E-state index contributed by atoms with van der Waals surface area (Å²) in [5.41, 5.74) is 2.96. The molecule has 0 saturated heterocycles. The number of carbonyl (C=O) groups is 1. The molecule has 0 aliphatic carbocycles. The van der Waals surface area contributed by atoms with E-state index in [1.807, 2.05) is 0 Å². The summed E-state index contributed by atoms with van der Waals surface area (Å²) in [6.45, 7) is 3.30. The third-order valence-electron chi connectivity index (χ3n) is 4.04. The van der Waals surface area contributed by atoms with Crippen molar-refractivity contribution in [3.8, 4) is 5.75 Å². The summed E-state index contributed by atoms with van der Waals surface area (Å²) in [4.78, 5) is 12.4. The molecule has 3 N–H and O–H groups in total. The van der Waals surface area contributed by atoms with Crippen molar-refractivity contribution in [1.82, 2.24) is 20.8 Å². The van der Waals surface area contributed by atoms with Crippen LogP contribution in [-0.4, -0.2) is 29.8 Å². The van der Waals surface area contributed by atoms with E-state index in [-0.39, 0.29) is 30.1 Å². The normalized spacial score (nSPS) is 14.3. The Labute approximate surface area is 145 Å². The summed E-state index contributed by atoms with van der Waals surface area (Å²) in [5.74, 6) is -0.540. The Morgan fingerprint density at radius 2 is 2.25 bits per heavy atom. The van der Waals surface area contributed by atoms with Crippen LogP contribution in [0.5, 0.6) is 5.75 Å². The van der Waals surface area contributed by atoms with Crippen molar-refractivity contribution < 1.29 is 13.9 Å². The first-order chi connectivity index (χ1) is 11.1. The lowest BCUT2D eigenvalue weighted by Crippen LogP contribution is -2.30. The number of nitrogens with zero attached hydrogens (tertiary/aromatic N) is 1. The summed E-state index contributed by atoms with van der Waals surface area (Å²) < 4.78 is 18.7. The minimum atomic E-state index is -0.451. The van der Waals surface area contributed by atoms with Gasteiger partial charge in [0, 0.05) is 30.8 Å². The van der Waals surface area contributed by atoms with Gasteiger partial charge in [-0.25, -0.2) is 4.39 Å². The van der Waals surface area contributed by atoms with E-state index in [4.69, 9.17) is 4.74 Å². The Hall–Kier alpha value is -2.12. The monoisotopic (exact) mass is 354 g/mol. The van der Waals surface area contributed by atoms with E-state index in [1.165, 1.54) is 13.2 Å². The molecule has 1 aromatic heterocycles. The lowest BCUT2D eigenvalue weighted by atomic mass is 10.1. The highest BCUT2D eigenvalue weighted by Crippen LogP contribution is 2.22. The molecule has 0 spiro atoms. The van der Waals surface area contributed by atoms with Gasteiger partial charge in [-0.15, -0.1) is 12.4 Å². The Kier molecular flexibility index (Phi) is 5.80. The van der Waals surface area contributed by atoms with Crippen LogP contribution in [0.15, 0.2) is 18.2 Å². The van der Waals surface area contributed by atoms with Gasteiger partial charge in [0.05, 0.1) is 13.2 Å². The standard InChI is InChI=1S/C16H19FN4O2.ClH/c1-9(10-3-4-14(23-2)12(17)7-10)19-16(22)15-11-8-18-6-5-13(11)20-21-15;/h3-4,7,9,18H,5-6,8H2,1-2H3,(H,19,22)(H,20,21);1H. The fourth-order valence-electron chi connectivity index (χ4n) is 2.71. The summed E-state index contributed by atoms with van der Waals surface area (Å²) in [6.07, 6.45) is 0.828. The lowest BCUT2D eigenvalue weighted by molar-refractivity contribution is 0.0933. The number of hydrogen-bond donors (Lipinski definition) is 3. The summed E-state index contributed by atoms with van der Waals surface area (Å²) in [6, 6.07) is 4.31. The maximum atomic E-state index is 13.8. The molecule has 2 heterocycles. The molecular formula is C16H20ClFN4O2. The number of carbonyl (C=O) groups excluding carboxylic acids is 1. The van der Waals surface area contributed by atoms with E-state index >= 15 is 0 Å². The van der Waals surface area contributed by atoms with E-state index in [9.17, 15) is 9.18 Å². The zero-order valence-corrected chi connectivity index (χ0v) is 14.3. The van der Waals surface area contributed by atoms with Crippen LogP contribution in [0.3, 0.4) is 0 Å². The first-order valence-corrected chi connectivity index (χ1v) is 7.51. The van der Waals surface area contributed by atoms with Gasteiger partial charge in [0.15, 0.2) is 17.3 Å². The minimum Gasteiger partial charge on any atom is -0.494 e. The Morgan fingerprint density at radius 1 is 1.46 bits per heavy atom. The average molecular weight is 355 g/mol. The van der Waals surface area contributed by atoms with Crippen LogP contribution in [0.4, 0.5) is 4.39 Å². The van der Waals surface area contributed by atoms with Crippen molar-refractivity contribution in [2.45, 2.75) is 25.9 Å². The van der Waals surface area contributed by atoms with Crippen molar-refractivity contribution in [3.63, 3.8) is 0 Å². The molecule has 0 saturated carbocycles. The topological polar surface area (TPSA) is 79.0 Å². The molecule has 3 rings (SSSR count). The molecular weight excluding hydrogens is 335 g/mol. The molecule has 6 nitrogen and oxygen atoms in total. The molecule has 0 radical (unpaired) electrons. The fourth-order valence-corrected chi connectivity index (χ4v) is 2.71. The molecule has 1 amide bonds.